The van der Waals surface area contributed by atoms with Crippen molar-refractivity contribution in [2.45, 2.75) is 18.8 Å². The molecule has 0 radical (unpaired) electrons. The number of hydrogen-bond donors (Lipinski definition) is 0. The first-order valence-electron chi connectivity index (χ1n) is 5.98. The van der Waals surface area contributed by atoms with Gasteiger partial charge in [0, 0.05) is 25.0 Å². The molecule has 1 aromatic carbocycles. The Morgan fingerprint density at radius 3 is 2.78 bits per heavy atom. The van der Waals surface area contributed by atoms with Crippen molar-refractivity contribution in [3.63, 3.8) is 0 Å². The van der Waals surface area contributed by atoms with Crippen molar-refractivity contribution in [1.82, 2.24) is 9.78 Å². The molecule has 0 saturated carbocycles. The number of rotatable bonds is 5. The number of alkyl halides is 1. The molecule has 96 valence electrons. The van der Waals surface area contributed by atoms with E-state index in [9.17, 15) is 4.39 Å². The van der Waals surface area contributed by atoms with Gasteiger partial charge in [-0.1, -0.05) is 18.2 Å². The van der Waals surface area contributed by atoms with Crippen LogP contribution in [0.1, 0.15) is 23.5 Å². The monoisotopic (exact) mass is 266 g/mol. The van der Waals surface area contributed by atoms with Crippen molar-refractivity contribution in [3.8, 4) is 0 Å². The van der Waals surface area contributed by atoms with Crippen LogP contribution in [-0.4, -0.2) is 15.7 Å². The van der Waals surface area contributed by atoms with Crippen molar-refractivity contribution in [2.75, 3.05) is 5.88 Å². The molecule has 1 atom stereocenters. The molecule has 1 heterocycles. The van der Waals surface area contributed by atoms with Crippen LogP contribution in [0, 0.1) is 5.82 Å². The molecule has 0 bridgehead atoms. The maximum absolute atomic E-state index is 13.7. The summed E-state index contributed by atoms with van der Waals surface area (Å²) in [5.74, 6) is 0.309. The molecule has 0 aliphatic rings. The minimum absolute atomic E-state index is 0.0491. The molecule has 0 aliphatic heterocycles. The average molecular weight is 267 g/mol. The third-order valence-electron chi connectivity index (χ3n) is 3.07. The summed E-state index contributed by atoms with van der Waals surface area (Å²) in [6.07, 6.45) is 5.51. The lowest BCUT2D eigenvalue weighted by atomic mass is 9.94. The number of benzene rings is 1. The van der Waals surface area contributed by atoms with Gasteiger partial charge < -0.3 is 0 Å². The van der Waals surface area contributed by atoms with Crippen LogP contribution in [-0.2, 0) is 13.5 Å². The smallest absolute Gasteiger partial charge is 0.126 e. The molecule has 0 aliphatic carbocycles. The highest BCUT2D eigenvalue weighted by atomic mass is 35.5. The maximum atomic E-state index is 13.7. The third kappa shape index (κ3) is 3.10. The number of aromatic nitrogens is 2. The Morgan fingerprint density at radius 2 is 2.17 bits per heavy atom. The van der Waals surface area contributed by atoms with Gasteiger partial charge in [-0.2, -0.15) is 5.10 Å². The fourth-order valence-electron chi connectivity index (χ4n) is 2.06. The molecule has 0 saturated heterocycles. The van der Waals surface area contributed by atoms with Gasteiger partial charge in [-0.15, -0.1) is 11.6 Å². The largest absolute Gasteiger partial charge is 0.276 e. The zero-order valence-electron chi connectivity index (χ0n) is 10.3. The zero-order chi connectivity index (χ0) is 13.0. The van der Waals surface area contributed by atoms with Crippen molar-refractivity contribution in [2.24, 2.45) is 7.05 Å². The van der Waals surface area contributed by atoms with Crippen LogP contribution in [0.3, 0.4) is 0 Å². The Hall–Kier alpha value is -1.35. The Bertz CT molecular complexity index is 510. The topological polar surface area (TPSA) is 17.8 Å². The SMILES string of the molecule is Cn1cc(CCC(CCl)c2ccccc2F)cn1. The van der Waals surface area contributed by atoms with Crippen LogP contribution in [0.4, 0.5) is 4.39 Å². The number of aryl methyl sites for hydroxylation is 2. The Labute approximate surface area is 111 Å². The number of hydrogen-bond acceptors (Lipinski definition) is 1. The molecule has 2 aromatic rings. The molecule has 0 amide bonds. The van der Waals surface area contributed by atoms with Crippen molar-refractivity contribution >= 4 is 11.6 Å². The predicted molar refractivity (Wildman–Crippen MR) is 71.4 cm³/mol. The molecule has 2 nitrogen and oxygen atoms in total. The molecule has 2 rings (SSSR count). The highest BCUT2D eigenvalue weighted by molar-refractivity contribution is 6.18. The molecule has 0 spiro atoms. The van der Waals surface area contributed by atoms with Crippen LogP contribution >= 0.6 is 11.6 Å². The van der Waals surface area contributed by atoms with Crippen LogP contribution in [0.25, 0.3) is 0 Å². The van der Waals surface area contributed by atoms with Gasteiger partial charge in [0.1, 0.15) is 5.82 Å². The fourth-order valence-corrected chi connectivity index (χ4v) is 2.38. The first-order valence-corrected chi connectivity index (χ1v) is 6.52. The average Bonchev–Trinajstić information content (AvgIpc) is 2.78. The molecule has 18 heavy (non-hydrogen) atoms. The van der Waals surface area contributed by atoms with E-state index in [1.165, 1.54) is 6.07 Å². The van der Waals surface area contributed by atoms with Gasteiger partial charge in [0.15, 0.2) is 0 Å². The van der Waals surface area contributed by atoms with Gasteiger partial charge in [-0.3, -0.25) is 4.68 Å². The summed E-state index contributed by atoms with van der Waals surface area (Å²) in [5, 5.41) is 4.12. The quantitative estimate of drug-likeness (QED) is 0.757. The lowest BCUT2D eigenvalue weighted by Crippen LogP contribution is -2.04. The minimum atomic E-state index is -0.172. The van der Waals surface area contributed by atoms with Gasteiger partial charge in [0.05, 0.1) is 6.20 Å². The molecule has 0 fully saturated rings. The van der Waals surface area contributed by atoms with E-state index in [2.05, 4.69) is 5.10 Å². The van der Waals surface area contributed by atoms with E-state index >= 15 is 0 Å². The van der Waals surface area contributed by atoms with E-state index in [-0.39, 0.29) is 11.7 Å². The summed E-state index contributed by atoms with van der Waals surface area (Å²) in [5.41, 5.74) is 1.86. The second-order valence-corrected chi connectivity index (χ2v) is 4.74. The second kappa shape index (κ2) is 6.01. The molecule has 1 aromatic heterocycles. The molecular formula is C14H16ClFN2. The number of nitrogens with zero attached hydrogens (tertiary/aromatic N) is 2. The van der Waals surface area contributed by atoms with Crippen LogP contribution in [0.15, 0.2) is 36.7 Å². The van der Waals surface area contributed by atoms with Crippen LogP contribution < -0.4 is 0 Å². The predicted octanol–water partition coefficient (Wildman–Crippen LogP) is 3.51. The fraction of sp³-hybridized carbons (Fsp3) is 0.357. The Morgan fingerprint density at radius 1 is 1.39 bits per heavy atom. The summed E-state index contributed by atoms with van der Waals surface area (Å²) < 4.78 is 15.5. The zero-order valence-corrected chi connectivity index (χ0v) is 11.1. The van der Waals surface area contributed by atoms with Gasteiger partial charge in [0.25, 0.3) is 0 Å². The van der Waals surface area contributed by atoms with E-state index in [1.807, 2.05) is 31.6 Å². The minimum Gasteiger partial charge on any atom is -0.276 e. The molecule has 4 heteroatoms. The van der Waals surface area contributed by atoms with Gasteiger partial charge >= 0.3 is 0 Å². The summed E-state index contributed by atoms with van der Waals surface area (Å²) in [6.45, 7) is 0. The van der Waals surface area contributed by atoms with E-state index in [0.29, 0.717) is 11.4 Å². The highest BCUT2D eigenvalue weighted by Gasteiger charge is 2.14. The normalized spacial score (nSPS) is 12.6. The van der Waals surface area contributed by atoms with E-state index < -0.39 is 0 Å². The lowest BCUT2D eigenvalue weighted by Gasteiger charge is -2.14. The second-order valence-electron chi connectivity index (χ2n) is 4.43. The molecular weight excluding hydrogens is 251 g/mol. The van der Waals surface area contributed by atoms with Crippen molar-refractivity contribution in [1.29, 1.82) is 0 Å². The van der Waals surface area contributed by atoms with Gasteiger partial charge in [-0.25, -0.2) is 4.39 Å². The van der Waals surface area contributed by atoms with Gasteiger partial charge in [0.2, 0.25) is 0 Å². The van der Waals surface area contributed by atoms with Crippen molar-refractivity contribution < 1.29 is 4.39 Å². The first kappa shape index (κ1) is 13.1. The molecule has 1 unspecified atom stereocenters. The van der Waals surface area contributed by atoms with E-state index in [0.717, 1.165) is 18.4 Å². The lowest BCUT2D eigenvalue weighted by molar-refractivity contribution is 0.576. The summed E-state index contributed by atoms with van der Waals surface area (Å²) >= 11 is 5.96. The standard InChI is InChI=1S/C14H16ClFN2/c1-18-10-11(9-17-18)6-7-12(8-15)13-4-2-3-5-14(13)16/h2-5,9-10,12H,6-8H2,1H3. The molecule has 0 N–H and O–H groups in total. The van der Waals surface area contributed by atoms with Crippen LogP contribution in [0.5, 0.6) is 0 Å². The van der Waals surface area contributed by atoms with Gasteiger partial charge in [-0.05, 0) is 30.0 Å². The summed E-state index contributed by atoms with van der Waals surface area (Å²) in [7, 11) is 1.89. The summed E-state index contributed by atoms with van der Waals surface area (Å²) in [4.78, 5) is 0. The third-order valence-corrected chi connectivity index (χ3v) is 3.44. The van der Waals surface area contributed by atoms with Crippen molar-refractivity contribution in [3.05, 3.63) is 53.6 Å². The maximum Gasteiger partial charge on any atom is 0.126 e. The Balaban J connectivity index is 2.04. The van der Waals surface area contributed by atoms with E-state index in [1.54, 1.807) is 10.7 Å². The Kier molecular flexibility index (Phi) is 4.37. The van der Waals surface area contributed by atoms with E-state index in [4.69, 9.17) is 11.6 Å². The highest BCUT2D eigenvalue weighted by Crippen LogP contribution is 2.25. The first-order chi connectivity index (χ1) is 8.70. The number of halogens is 2. The van der Waals surface area contributed by atoms with Crippen LogP contribution in [0.2, 0.25) is 0 Å². The summed E-state index contributed by atoms with van der Waals surface area (Å²) in [6, 6.07) is 6.85.